The van der Waals surface area contributed by atoms with Gasteiger partial charge in [0.1, 0.15) is 13.2 Å². The van der Waals surface area contributed by atoms with Crippen LogP contribution in [0.4, 0.5) is 8.78 Å². The molecule has 0 aliphatic rings. The number of fused-ring (bicyclic) bond motifs is 1. The molecule has 0 saturated carbocycles. The summed E-state index contributed by atoms with van der Waals surface area (Å²) in [7, 11) is 0. The number of halogens is 2. The summed E-state index contributed by atoms with van der Waals surface area (Å²) < 4.78 is 42.6. The van der Waals surface area contributed by atoms with Crippen LogP contribution in [0, 0.1) is 11.6 Å². The standard InChI is InChI=1S/C28H21F2NO2/c29-24-12-13-26-23(28(24)33-19-21-9-5-2-6-10-21)15-16-31(26)22-11-14-27(25(30)17-22)32-18-20-7-3-1-4-8-20/h1-17H,18-19H2. The van der Waals surface area contributed by atoms with E-state index in [2.05, 4.69) is 0 Å². The first kappa shape index (κ1) is 20.8. The fourth-order valence-corrected chi connectivity index (χ4v) is 3.76. The number of nitrogens with zero attached hydrogens (tertiary/aromatic N) is 1. The van der Waals surface area contributed by atoms with Crippen molar-refractivity contribution < 1.29 is 18.3 Å². The first-order valence-corrected chi connectivity index (χ1v) is 10.6. The Hall–Kier alpha value is -4.12. The van der Waals surface area contributed by atoms with Crippen LogP contribution in [0.2, 0.25) is 0 Å². The third kappa shape index (κ3) is 4.44. The molecule has 164 valence electrons. The van der Waals surface area contributed by atoms with Crippen LogP contribution < -0.4 is 9.47 Å². The average Bonchev–Trinajstić information content (AvgIpc) is 3.28. The fraction of sp³-hybridized carbons (Fsp3) is 0.0714. The van der Waals surface area contributed by atoms with E-state index in [1.807, 2.05) is 60.7 Å². The molecule has 0 atom stereocenters. The first-order valence-electron chi connectivity index (χ1n) is 10.6. The van der Waals surface area contributed by atoms with Crippen molar-refractivity contribution in [2.24, 2.45) is 0 Å². The molecule has 3 nitrogen and oxygen atoms in total. The van der Waals surface area contributed by atoms with Crippen molar-refractivity contribution in [1.82, 2.24) is 4.57 Å². The van der Waals surface area contributed by atoms with E-state index in [0.29, 0.717) is 11.1 Å². The van der Waals surface area contributed by atoms with E-state index in [4.69, 9.17) is 9.47 Å². The topological polar surface area (TPSA) is 23.4 Å². The lowest BCUT2D eigenvalue weighted by Crippen LogP contribution is -2.00. The molecule has 0 aliphatic heterocycles. The number of benzene rings is 4. The molecule has 0 unspecified atom stereocenters. The molecule has 0 aliphatic carbocycles. The summed E-state index contributed by atoms with van der Waals surface area (Å²) in [5.41, 5.74) is 3.23. The molecule has 4 aromatic carbocycles. The van der Waals surface area contributed by atoms with E-state index < -0.39 is 11.6 Å². The summed E-state index contributed by atoms with van der Waals surface area (Å²) in [5.74, 6) is -0.546. The van der Waals surface area contributed by atoms with Gasteiger partial charge < -0.3 is 14.0 Å². The highest BCUT2D eigenvalue weighted by molar-refractivity contribution is 5.88. The zero-order valence-electron chi connectivity index (χ0n) is 17.7. The molecular formula is C28H21F2NO2. The Labute approximate surface area is 190 Å². The highest BCUT2D eigenvalue weighted by Crippen LogP contribution is 2.33. The van der Waals surface area contributed by atoms with Crippen LogP contribution in [0.25, 0.3) is 16.6 Å². The lowest BCUT2D eigenvalue weighted by atomic mass is 10.2. The van der Waals surface area contributed by atoms with Crippen molar-refractivity contribution >= 4 is 10.9 Å². The van der Waals surface area contributed by atoms with E-state index >= 15 is 0 Å². The molecule has 0 radical (unpaired) electrons. The van der Waals surface area contributed by atoms with Crippen molar-refractivity contribution in [2.75, 3.05) is 0 Å². The minimum atomic E-state index is -0.465. The van der Waals surface area contributed by atoms with Gasteiger partial charge in [0.15, 0.2) is 23.1 Å². The van der Waals surface area contributed by atoms with Crippen molar-refractivity contribution in [3.8, 4) is 17.2 Å². The van der Waals surface area contributed by atoms with Gasteiger partial charge in [0.25, 0.3) is 0 Å². The number of hydrogen-bond donors (Lipinski definition) is 0. The normalized spacial score (nSPS) is 11.0. The van der Waals surface area contributed by atoms with Crippen molar-refractivity contribution in [1.29, 1.82) is 0 Å². The van der Waals surface area contributed by atoms with Gasteiger partial charge in [-0.25, -0.2) is 8.78 Å². The van der Waals surface area contributed by atoms with Gasteiger partial charge in [-0.15, -0.1) is 0 Å². The fourth-order valence-electron chi connectivity index (χ4n) is 3.76. The number of ether oxygens (including phenoxy) is 2. The summed E-state index contributed by atoms with van der Waals surface area (Å²) in [6.45, 7) is 0.537. The van der Waals surface area contributed by atoms with Gasteiger partial charge in [-0.2, -0.15) is 0 Å². The number of rotatable bonds is 7. The van der Waals surface area contributed by atoms with E-state index in [0.717, 1.165) is 16.6 Å². The molecule has 0 N–H and O–H groups in total. The van der Waals surface area contributed by atoms with E-state index in [-0.39, 0.29) is 24.7 Å². The van der Waals surface area contributed by atoms with Crippen LogP contribution in [0.15, 0.2) is 103 Å². The van der Waals surface area contributed by atoms with Crippen molar-refractivity contribution in [3.05, 3.63) is 126 Å². The molecule has 0 saturated heterocycles. The quantitative estimate of drug-likeness (QED) is 0.270. The number of hydrogen-bond acceptors (Lipinski definition) is 2. The van der Waals surface area contributed by atoms with Crippen LogP contribution in [0.5, 0.6) is 11.5 Å². The summed E-state index contributed by atoms with van der Waals surface area (Å²) in [4.78, 5) is 0. The van der Waals surface area contributed by atoms with Crippen LogP contribution in [0.3, 0.4) is 0 Å². The summed E-state index contributed by atoms with van der Waals surface area (Å²) >= 11 is 0. The SMILES string of the molecule is Fc1cc(-n2ccc3c(OCc4ccccc4)c(F)ccc32)ccc1OCc1ccccc1. The monoisotopic (exact) mass is 441 g/mol. The molecule has 0 bridgehead atoms. The summed E-state index contributed by atoms with van der Waals surface area (Å²) in [5, 5.41) is 0.621. The molecule has 5 heteroatoms. The minimum Gasteiger partial charge on any atom is -0.486 e. The van der Waals surface area contributed by atoms with Gasteiger partial charge in [-0.05, 0) is 41.5 Å². The largest absolute Gasteiger partial charge is 0.486 e. The summed E-state index contributed by atoms with van der Waals surface area (Å²) in [6.07, 6.45) is 1.78. The molecule has 0 fully saturated rings. The lowest BCUT2D eigenvalue weighted by molar-refractivity contribution is 0.290. The van der Waals surface area contributed by atoms with Crippen molar-refractivity contribution in [2.45, 2.75) is 13.2 Å². The highest BCUT2D eigenvalue weighted by Gasteiger charge is 2.15. The van der Waals surface area contributed by atoms with Gasteiger partial charge in [0.2, 0.25) is 0 Å². The Kier molecular flexibility index (Phi) is 5.77. The molecule has 1 aromatic heterocycles. The maximum absolute atomic E-state index is 14.8. The van der Waals surface area contributed by atoms with Crippen molar-refractivity contribution in [3.63, 3.8) is 0 Å². The maximum Gasteiger partial charge on any atom is 0.167 e. The third-order valence-corrected chi connectivity index (χ3v) is 5.43. The van der Waals surface area contributed by atoms with Crippen LogP contribution in [0.1, 0.15) is 11.1 Å². The Balaban J connectivity index is 1.40. The smallest absolute Gasteiger partial charge is 0.167 e. The maximum atomic E-state index is 14.8. The van der Waals surface area contributed by atoms with Gasteiger partial charge in [-0.1, -0.05) is 60.7 Å². The Morgan fingerprint density at radius 1 is 0.636 bits per heavy atom. The Bertz CT molecular complexity index is 1380. The second kappa shape index (κ2) is 9.17. The third-order valence-electron chi connectivity index (χ3n) is 5.43. The van der Waals surface area contributed by atoms with Crippen LogP contribution in [-0.2, 0) is 13.2 Å². The molecule has 0 spiro atoms. The second-order valence-electron chi connectivity index (χ2n) is 7.66. The zero-order chi connectivity index (χ0) is 22.6. The minimum absolute atomic E-state index is 0.178. The molecule has 1 heterocycles. The lowest BCUT2D eigenvalue weighted by Gasteiger charge is -2.12. The van der Waals surface area contributed by atoms with E-state index in [1.54, 1.807) is 35.0 Å². The zero-order valence-corrected chi connectivity index (χ0v) is 17.7. The molecular weight excluding hydrogens is 420 g/mol. The predicted octanol–water partition coefficient (Wildman–Crippen LogP) is 7.07. The first-order chi connectivity index (χ1) is 16.2. The van der Waals surface area contributed by atoms with E-state index in [1.165, 1.54) is 12.1 Å². The Morgan fingerprint density at radius 3 is 1.97 bits per heavy atom. The van der Waals surface area contributed by atoms with Crippen LogP contribution in [-0.4, -0.2) is 4.57 Å². The molecule has 5 rings (SSSR count). The van der Waals surface area contributed by atoms with Gasteiger partial charge >= 0.3 is 0 Å². The van der Waals surface area contributed by atoms with Gasteiger partial charge in [0, 0.05) is 23.3 Å². The Morgan fingerprint density at radius 2 is 1.30 bits per heavy atom. The van der Waals surface area contributed by atoms with Gasteiger partial charge in [-0.3, -0.25) is 0 Å². The molecule has 33 heavy (non-hydrogen) atoms. The van der Waals surface area contributed by atoms with E-state index in [9.17, 15) is 8.78 Å². The average molecular weight is 441 g/mol. The second-order valence-corrected chi connectivity index (χ2v) is 7.66. The highest BCUT2D eigenvalue weighted by atomic mass is 19.1. The predicted molar refractivity (Wildman–Crippen MR) is 125 cm³/mol. The summed E-state index contributed by atoms with van der Waals surface area (Å²) in [6, 6.07) is 28.8. The molecule has 5 aromatic rings. The van der Waals surface area contributed by atoms with Crippen LogP contribution >= 0.6 is 0 Å². The molecule has 0 amide bonds. The van der Waals surface area contributed by atoms with Gasteiger partial charge in [0.05, 0.1) is 5.52 Å². The number of aromatic nitrogens is 1.